The van der Waals surface area contributed by atoms with Gasteiger partial charge in [0.2, 0.25) is 0 Å². The molecule has 0 aromatic carbocycles. The maximum Gasteiger partial charge on any atom is 0.276 e. The lowest BCUT2D eigenvalue weighted by Crippen LogP contribution is -2.06. The molecule has 7 heteroatoms. The predicted octanol–water partition coefficient (Wildman–Crippen LogP) is 2.73. The molecule has 0 fully saturated rings. The molecule has 20 heavy (non-hydrogen) atoms. The molecule has 106 valence electrons. The van der Waals surface area contributed by atoms with E-state index in [1.54, 1.807) is 10.9 Å². The van der Waals surface area contributed by atoms with Crippen molar-refractivity contribution < 1.29 is 4.92 Å². The van der Waals surface area contributed by atoms with Gasteiger partial charge in [0, 0.05) is 12.7 Å². The van der Waals surface area contributed by atoms with E-state index in [0.29, 0.717) is 24.1 Å². The SMILES string of the molecule is CCNc1cc([N+](=O)[O-])cc(-n2ccc(C(C)C)n2)n1. The number of hydrogen-bond donors (Lipinski definition) is 1. The van der Waals surface area contributed by atoms with E-state index in [4.69, 9.17) is 0 Å². The first-order valence-corrected chi connectivity index (χ1v) is 6.47. The molecule has 0 spiro atoms. The Bertz CT molecular complexity index is 621. The minimum atomic E-state index is -0.432. The van der Waals surface area contributed by atoms with E-state index >= 15 is 0 Å². The molecule has 2 aromatic heterocycles. The Morgan fingerprint density at radius 3 is 2.75 bits per heavy atom. The third-order valence-corrected chi connectivity index (χ3v) is 2.80. The van der Waals surface area contributed by atoms with Gasteiger partial charge in [0.25, 0.3) is 5.69 Å². The first-order valence-electron chi connectivity index (χ1n) is 6.47. The van der Waals surface area contributed by atoms with Crippen molar-refractivity contribution in [2.24, 2.45) is 0 Å². The number of nitrogens with one attached hydrogen (secondary N) is 1. The van der Waals surface area contributed by atoms with Gasteiger partial charge in [-0.05, 0) is 18.9 Å². The van der Waals surface area contributed by atoms with Crippen molar-refractivity contribution in [3.8, 4) is 5.82 Å². The average Bonchev–Trinajstić information content (AvgIpc) is 2.88. The van der Waals surface area contributed by atoms with Crippen LogP contribution >= 0.6 is 0 Å². The van der Waals surface area contributed by atoms with Crippen molar-refractivity contribution in [3.05, 3.63) is 40.2 Å². The first-order chi connectivity index (χ1) is 9.51. The van der Waals surface area contributed by atoms with E-state index in [-0.39, 0.29) is 5.69 Å². The molecule has 0 saturated heterocycles. The highest BCUT2D eigenvalue weighted by Crippen LogP contribution is 2.20. The minimum Gasteiger partial charge on any atom is -0.370 e. The summed E-state index contributed by atoms with van der Waals surface area (Å²) in [5, 5.41) is 18.3. The van der Waals surface area contributed by atoms with Crippen LogP contribution in [0.1, 0.15) is 32.4 Å². The topological polar surface area (TPSA) is 85.9 Å². The summed E-state index contributed by atoms with van der Waals surface area (Å²) in [6, 6.07) is 4.72. The van der Waals surface area contributed by atoms with Gasteiger partial charge in [0.15, 0.2) is 5.82 Å². The van der Waals surface area contributed by atoms with Gasteiger partial charge in [0.05, 0.1) is 22.7 Å². The monoisotopic (exact) mass is 275 g/mol. The van der Waals surface area contributed by atoms with E-state index in [1.807, 2.05) is 26.8 Å². The van der Waals surface area contributed by atoms with Crippen LogP contribution in [0.3, 0.4) is 0 Å². The van der Waals surface area contributed by atoms with E-state index in [2.05, 4.69) is 15.4 Å². The molecule has 7 nitrogen and oxygen atoms in total. The molecule has 2 heterocycles. The van der Waals surface area contributed by atoms with Crippen LogP contribution in [-0.2, 0) is 0 Å². The van der Waals surface area contributed by atoms with Gasteiger partial charge in [-0.25, -0.2) is 9.67 Å². The lowest BCUT2D eigenvalue weighted by molar-refractivity contribution is -0.384. The summed E-state index contributed by atoms with van der Waals surface area (Å²) in [4.78, 5) is 14.9. The molecule has 0 radical (unpaired) electrons. The summed E-state index contributed by atoms with van der Waals surface area (Å²) >= 11 is 0. The predicted molar refractivity (Wildman–Crippen MR) is 76.3 cm³/mol. The van der Waals surface area contributed by atoms with E-state index in [0.717, 1.165) is 5.69 Å². The normalized spacial score (nSPS) is 10.8. The van der Waals surface area contributed by atoms with E-state index in [1.165, 1.54) is 12.1 Å². The zero-order valence-corrected chi connectivity index (χ0v) is 11.7. The van der Waals surface area contributed by atoms with Gasteiger partial charge >= 0.3 is 0 Å². The second-order valence-corrected chi connectivity index (χ2v) is 4.70. The molecular formula is C13H17N5O2. The molecule has 0 saturated carbocycles. The fourth-order valence-electron chi connectivity index (χ4n) is 1.77. The number of pyridine rings is 1. The summed E-state index contributed by atoms with van der Waals surface area (Å²) in [6.45, 7) is 6.63. The van der Waals surface area contributed by atoms with E-state index in [9.17, 15) is 10.1 Å². The number of anilines is 1. The van der Waals surface area contributed by atoms with Crippen LogP contribution in [0.25, 0.3) is 5.82 Å². The van der Waals surface area contributed by atoms with Crippen LogP contribution in [-0.4, -0.2) is 26.2 Å². The minimum absolute atomic E-state index is 0.00690. The fraction of sp³-hybridized carbons (Fsp3) is 0.385. The Labute approximate surface area is 116 Å². The van der Waals surface area contributed by atoms with Gasteiger partial charge in [0.1, 0.15) is 5.82 Å². The van der Waals surface area contributed by atoms with Crippen molar-refractivity contribution in [3.63, 3.8) is 0 Å². The zero-order chi connectivity index (χ0) is 14.7. The summed E-state index contributed by atoms with van der Waals surface area (Å²) in [6.07, 6.45) is 1.76. The molecule has 0 bridgehead atoms. The van der Waals surface area contributed by atoms with Crippen LogP contribution in [0.15, 0.2) is 24.4 Å². The summed E-state index contributed by atoms with van der Waals surface area (Å²) in [7, 11) is 0. The van der Waals surface area contributed by atoms with Crippen molar-refractivity contribution in [1.82, 2.24) is 14.8 Å². The Morgan fingerprint density at radius 1 is 1.45 bits per heavy atom. The van der Waals surface area contributed by atoms with E-state index < -0.39 is 4.92 Å². The summed E-state index contributed by atoms with van der Waals surface area (Å²) in [5.74, 6) is 1.20. The first kappa shape index (κ1) is 14.0. The third-order valence-electron chi connectivity index (χ3n) is 2.80. The number of aromatic nitrogens is 3. The smallest absolute Gasteiger partial charge is 0.276 e. The molecule has 0 amide bonds. The molecule has 1 N–H and O–H groups in total. The number of nitro groups is 1. The number of rotatable bonds is 5. The molecule has 2 aromatic rings. The fourth-order valence-corrected chi connectivity index (χ4v) is 1.77. The molecule has 0 aliphatic rings. The van der Waals surface area contributed by atoms with Gasteiger partial charge in [-0.3, -0.25) is 10.1 Å². The molecule has 2 rings (SSSR count). The summed E-state index contributed by atoms with van der Waals surface area (Å²) < 4.78 is 1.56. The lowest BCUT2D eigenvalue weighted by Gasteiger charge is -2.06. The third kappa shape index (κ3) is 2.93. The highest BCUT2D eigenvalue weighted by molar-refractivity contribution is 5.50. The Kier molecular flexibility index (Phi) is 3.97. The molecule has 0 atom stereocenters. The molecular weight excluding hydrogens is 258 g/mol. The molecule has 0 aliphatic heterocycles. The van der Waals surface area contributed by atoms with Crippen LogP contribution in [0.2, 0.25) is 0 Å². The molecule has 0 unspecified atom stereocenters. The zero-order valence-electron chi connectivity index (χ0n) is 11.7. The highest BCUT2D eigenvalue weighted by Gasteiger charge is 2.13. The highest BCUT2D eigenvalue weighted by atomic mass is 16.6. The van der Waals surface area contributed by atoms with Crippen molar-refractivity contribution in [1.29, 1.82) is 0 Å². The van der Waals surface area contributed by atoms with Crippen LogP contribution in [0.4, 0.5) is 11.5 Å². The van der Waals surface area contributed by atoms with Crippen LogP contribution in [0, 0.1) is 10.1 Å². The van der Waals surface area contributed by atoms with Crippen molar-refractivity contribution >= 4 is 11.5 Å². The van der Waals surface area contributed by atoms with Gasteiger partial charge in [-0.1, -0.05) is 13.8 Å². The average molecular weight is 275 g/mol. The molecule has 0 aliphatic carbocycles. The second kappa shape index (κ2) is 5.68. The Morgan fingerprint density at radius 2 is 2.20 bits per heavy atom. The van der Waals surface area contributed by atoms with Crippen LogP contribution < -0.4 is 5.32 Å². The maximum absolute atomic E-state index is 11.0. The lowest BCUT2D eigenvalue weighted by atomic mass is 10.1. The van der Waals surface area contributed by atoms with Crippen LogP contribution in [0.5, 0.6) is 0 Å². The standard InChI is InChI=1S/C13H17N5O2/c1-4-14-12-7-10(18(19)20)8-13(15-12)17-6-5-11(16-17)9(2)3/h5-9H,4H2,1-3H3,(H,14,15). The van der Waals surface area contributed by atoms with Gasteiger partial charge in [-0.15, -0.1) is 0 Å². The number of hydrogen-bond acceptors (Lipinski definition) is 5. The number of nitrogens with zero attached hydrogens (tertiary/aromatic N) is 4. The van der Waals surface area contributed by atoms with Gasteiger partial charge < -0.3 is 5.32 Å². The van der Waals surface area contributed by atoms with Gasteiger partial charge in [-0.2, -0.15) is 5.10 Å². The van der Waals surface area contributed by atoms with Crippen molar-refractivity contribution in [2.75, 3.05) is 11.9 Å². The Balaban J connectivity index is 2.45. The summed E-state index contributed by atoms with van der Waals surface area (Å²) in [5.41, 5.74) is 0.913. The Hall–Kier alpha value is -2.44. The quantitative estimate of drug-likeness (QED) is 0.669. The second-order valence-electron chi connectivity index (χ2n) is 4.70. The largest absolute Gasteiger partial charge is 0.370 e. The maximum atomic E-state index is 11.0. The van der Waals surface area contributed by atoms with Crippen molar-refractivity contribution in [2.45, 2.75) is 26.7 Å².